The van der Waals surface area contributed by atoms with Gasteiger partial charge in [-0.15, -0.1) is 13.2 Å². The molecule has 0 aromatic heterocycles. The lowest BCUT2D eigenvalue weighted by atomic mass is 9.91. The summed E-state index contributed by atoms with van der Waals surface area (Å²) in [6.07, 6.45) is -4.36. The van der Waals surface area contributed by atoms with Gasteiger partial charge in [-0.05, 0) is 30.7 Å². The molecule has 0 aliphatic carbocycles. The Hall–Kier alpha value is -3.03. The number of ketones is 1. The van der Waals surface area contributed by atoms with Crippen LogP contribution in [-0.4, -0.2) is 31.8 Å². The van der Waals surface area contributed by atoms with Gasteiger partial charge in [0, 0.05) is 23.1 Å². The predicted molar refractivity (Wildman–Crippen MR) is 89.1 cm³/mol. The molecule has 0 N–H and O–H groups in total. The van der Waals surface area contributed by atoms with E-state index in [9.17, 15) is 22.8 Å². The van der Waals surface area contributed by atoms with Crippen LogP contribution in [0.3, 0.4) is 0 Å². The Kier molecular flexibility index (Phi) is 4.82. The molecule has 2 aromatic rings. The summed E-state index contributed by atoms with van der Waals surface area (Å²) in [6.45, 7) is 1.65. The molecule has 8 heteroatoms. The van der Waals surface area contributed by atoms with Crippen molar-refractivity contribution in [3.8, 4) is 22.6 Å². The van der Waals surface area contributed by atoms with E-state index in [0.717, 1.165) is 0 Å². The summed E-state index contributed by atoms with van der Waals surface area (Å²) in [6, 6.07) is 6.70. The Labute approximate surface area is 152 Å². The lowest BCUT2D eigenvalue weighted by molar-refractivity contribution is -0.274. The Morgan fingerprint density at radius 1 is 1.15 bits per heavy atom. The summed E-state index contributed by atoms with van der Waals surface area (Å²) >= 11 is 0. The van der Waals surface area contributed by atoms with Crippen LogP contribution in [0.4, 0.5) is 13.2 Å². The zero-order valence-electron chi connectivity index (χ0n) is 14.5. The summed E-state index contributed by atoms with van der Waals surface area (Å²) in [5, 5.41) is 0. The van der Waals surface area contributed by atoms with Crippen LogP contribution in [0.2, 0.25) is 0 Å². The molecule has 1 aliphatic heterocycles. The molecule has 27 heavy (non-hydrogen) atoms. The Balaban J connectivity index is 2.12. The summed E-state index contributed by atoms with van der Waals surface area (Å²) < 4.78 is 51.2. The number of alkyl halides is 3. The maximum absolute atomic E-state index is 12.3. The number of esters is 1. The average molecular weight is 380 g/mol. The third-order valence-electron chi connectivity index (χ3n) is 4.14. The number of ether oxygens (including phenoxy) is 3. The van der Waals surface area contributed by atoms with Crippen molar-refractivity contribution in [2.75, 3.05) is 13.7 Å². The molecular formula is C19H15F3O5. The normalized spacial score (nSPS) is 12.9. The molecule has 0 fully saturated rings. The van der Waals surface area contributed by atoms with E-state index in [-0.39, 0.29) is 22.7 Å². The second kappa shape index (κ2) is 6.94. The van der Waals surface area contributed by atoms with Crippen molar-refractivity contribution < 1.29 is 37.0 Å². The van der Waals surface area contributed by atoms with E-state index in [2.05, 4.69) is 4.74 Å². The molecule has 0 amide bonds. The van der Waals surface area contributed by atoms with Crippen molar-refractivity contribution in [2.45, 2.75) is 19.7 Å². The SMILES string of the molecule is COC(=O)c1c(C(C)=O)cc(-c2ccc(OC(F)(F)F)cc2)c2c1CCO2. The van der Waals surface area contributed by atoms with Crippen molar-refractivity contribution in [1.29, 1.82) is 0 Å². The van der Waals surface area contributed by atoms with Gasteiger partial charge in [-0.1, -0.05) is 12.1 Å². The van der Waals surface area contributed by atoms with Gasteiger partial charge >= 0.3 is 12.3 Å². The number of fused-ring (bicyclic) bond motifs is 1. The van der Waals surface area contributed by atoms with Crippen LogP contribution in [0.1, 0.15) is 33.2 Å². The van der Waals surface area contributed by atoms with Gasteiger partial charge in [-0.2, -0.15) is 0 Å². The zero-order valence-corrected chi connectivity index (χ0v) is 14.5. The Morgan fingerprint density at radius 2 is 1.81 bits per heavy atom. The maximum atomic E-state index is 12.3. The number of hydrogen-bond donors (Lipinski definition) is 0. The van der Waals surface area contributed by atoms with Crippen molar-refractivity contribution in [1.82, 2.24) is 0 Å². The Morgan fingerprint density at radius 3 is 2.37 bits per heavy atom. The van der Waals surface area contributed by atoms with Gasteiger partial charge in [0.05, 0.1) is 19.3 Å². The van der Waals surface area contributed by atoms with E-state index in [0.29, 0.717) is 35.5 Å². The minimum Gasteiger partial charge on any atom is -0.492 e. The van der Waals surface area contributed by atoms with Gasteiger partial charge in [0.1, 0.15) is 11.5 Å². The number of methoxy groups -OCH3 is 1. The summed E-state index contributed by atoms with van der Waals surface area (Å²) in [5.41, 5.74) is 1.94. The van der Waals surface area contributed by atoms with Crippen molar-refractivity contribution in [3.63, 3.8) is 0 Å². The third kappa shape index (κ3) is 3.74. The van der Waals surface area contributed by atoms with E-state index < -0.39 is 12.3 Å². The molecular weight excluding hydrogens is 365 g/mol. The molecule has 0 saturated heterocycles. The van der Waals surface area contributed by atoms with Crippen LogP contribution in [0, 0.1) is 0 Å². The predicted octanol–water partition coefficient (Wildman–Crippen LogP) is 4.18. The number of carbonyl (C=O) groups excluding carboxylic acids is 2. The molecule has 0 atom stereocenters. The number of benzene rings is 2. The van der Waals surface area contributed by atoms with Crippen LogP contribution >= 0.6 is 0 Å². The fraction of sp³-hybridized carbons (Fsp3) is 0.263. The fourth-order valence-corrected chi connectivity index (χ4v) is 3.04. The van der Waals surface area contributed by atoms with Gasteiger partial charge in [-0.3, -0.25) is 4.79 Å². The maximum Gasteiger partial charge on any atom is 0.573 e. The van der Waals surface area contributed by atoms with Crippen molar-refractivity contribution >= 4 is 11.8 Å². The molecule has 0 bridgehead atoms. The number of halogens is 3. The van der Waals surface area contributed by atoms with Crippen LogP contribution in [0.25, 0.3) is 11.1 Å². The molecule has 3 rings (SSSR count). The van der Waals surface area contributed by atoms with Gasteiger partial charge in [0.25, 0.3) is 0 Å². The molecule has 0 radical (unpaired) electrons. The first-order valence-corrected chi connectivity index (χ1v) is 7.99. The first-order chi connectivity index (χ1) is 12.7. The van der Waals surface area contributed by atoms with Crippen molar-refractivity contribution in [2.24, 2.45) is 0 Å². The minimum atomic E-state index is -4.78. The van der Waals surface area contributed by atoms with Gasteiger partial charge in [0.2, 0.25) is 0 Å². The number of Topliss-reactive ketones (excluding diaryl/α,β-unsaturated/α-hetero) is 1. The first-order valence-electron chi connectivity index (χ1n) is 7.99. The highest BCUT2D eigenvalue weighted by Gasteiger charge is 2.32. The highest BCUT2D eigenvalue weighted by Crippen LogP contribution is 2.41. The molecule has 5 nitrogen and oxygen atoms in total. The fourth-order valence-electron chi connectivity index (χ4n) is 3.04. The van der Waals surface area contributed by atoms with Crippen LogP contribution < -0.4 is 9.47 Å². The average Bonchev–Trinajstić information content (AvgIpc) is 3.08. The standard InChI is InChI=1S/C19H15F3O5/c1-10(23)14-9-15(11-3-5-12(6-4-11)27-19(20,21)22)17-13(7-8-26-17)16(14)18(24)25-2/h3-6,9H,7-8H2,1-2H3. The summed E-state index contributed by atoms with van der Waals surface area (Å²) in [5.74, 6) is -0.905. The molecule has 1 heterocycles. The van der Waals surface area contributed by atoms with Crippen LogP contribution in [0.5, 0.6) is 11.5 Å². The van der Waals surface area contributed by atoms with E-state index in [1.54, 1.807) is 0 Å². The highest BCUT2D eigenvalue weighted by atomic mass is 19.4. The second-order valence-electron chi connectivity index (χ2n) is 5.87. The van der Waals surface area contributed by atoms with Crippen LogP contribution in [-0.2, 0) is 11.2 Å². The third-order valence-corrected chi connectivity index (χ3v) is 4.14. The second-order valence-corrected chi connectivity index (χ2v) is 5.87. The topological polar surface area (TPSA) is 61.8 Å². The van der Waals surface area contributed by atoms with E-state index in [1.807, 2.05) is 0 Å². The molecule has 142 valence electrons. The molecule has 0 saturated carbocycles. The van der Waals surface area contributed by atoms with Gasteiger partial charge < -0.3 is 14.2 Å². The van der Waals surface area contributed by atoms with E-state index >= 15 is 0 Å². The highest BCUT2D eigenvalue weighted by molar-refractivity contribution is 6.08. The van der Waals surface area contributed by atoms with Gasteiger partial charge in [0.15, 0.2) is 5.78 Å². The summed E-state index contributed by atoms with van der Waals surface area (Å²) in [4.78, 5) is 24.3. The van der Waals surface area contributed by atoms with E-state index in [1.165, 1.54) is 44.4 Å². The van der Waals surface area contributed by atoms with E-state index in [4.69, 9.17) is 9.47 Å². The monoisotopic (exact) mass is 380 g/mol. The molecule has 0 spiro atoms. The molecule has 1 aliphatic rings. The minimum absolute atomic E-state index is 0.165. The van der Waals surface area contributed by atoms with Gasteiger partial charge in [-0.25, -0.2) is 4.79 Å². The van der Waals surface area contributed by atoms with Crippen molar-refractivity contribution in [3.05, 3.63) is 47.0 Å². The largest absolute Gasteiger partial charge is 0.573 e. The number of hydrogen-bond acceptors (Lipinski definition) is 5. The zero-order chi connectivity index (χ0) is 19.8. The number of rotatable bonds is 4. The smallest absolute Gasteiger partial charge is 0.492 e. The lowest BCUT2D eigenvalue weighted by Crippen LogP contribution is -2.16. The first kappa shape index (κ1) is 18.8. The summed E-state index contributed by atoms with van der Waals surface area (Å²) in [7, 11) is 1.22. The van der Waals surface area contributed by atoms with Crippen LogP contribution in [0.15, 0.2) is 30.3 Å². The number of carbonyl (C=O) groups is 2. The quantitative estimate of drug-likeness (QED) is 0.588. The Bertz CT molecular complexity index is 901. The lowest BCUT2D eigenvalue weighted by Gasteiger charge is -2.15. The molecule has 0 unspecified atom stereocenters. The molecule has 2 aromatic carbocycles.